The van der Waals surface area contributed by atoms with Crippen LogP contribution in [0.25, 0.3) is 16.5 Å². The van der Waals surface area contributed by atoms with Gasteiger partial charge in [0.25, 0.3) is 0 Å². The number of ether oxygens (including phenoxy) is 3. The summed E-state index contributed by atoms with van der Waals surface area (Å²) in [7, 11) is 1.79. The van der Waals surface area contributed by atoms with Crippen molar-refractivity contribution in [2.45, 2.75) is 83.1 Å². The van der Waals surface area contributed by atoms with Crippen molar-refractivity contribution in [3.63, 3.8) is 0 Å². The summed E-state index contributed by atoms with van der Waals surface area (Å²) in [5.74, 6) is 1.96. The monoisotopic (exact) mass is 747 g/mol. The molecule has 3 atom stereocenters. The first-order valence-corrected chi connectivity index (χ1v) is 19.0. The van der Waals surface area contributed by atoms with Crippen LogP contribution in [0.5, 0.6) is 5.75 Å². The standard InChI is InChI=1S/C40H49F2N5O5.C2H6/c1-5-32-35(42)10-9-27-16-29(48)19-33(38(27)32)26(2)44-21-34(39(43-3)46-14-15-51-23-30(49)22-46)36(20-41)45-25-52-24-40-11-6-8-37(40)47(13-7-12-40)28-17-31(18-28)50-4;1-2/h1,9-10,16,19,21,28,30-31,37,48-49H,2-3,6-8,11-15,17-18,20,22-25H2,4H3;1-2H3/b39-34+,44-21?,45-36-;. The van der Waals surface area contributed by atoms with E-state index in [1.54, 1.807) is 12.0 Å². The number of aliphatic hydroxyl groups excluding tert-OH is 1. The van der Waals surface area contributed by atoms with Crippen molar-refractivity contribution in [3.8, 4) is 18.1 Å². The lowest BCUT2D eigenvalue weighted by Gasteiger charge is -2.53. The van der Waals surface area contributed by atoms with Gasteiger partial charge < -0.3 is 29.3 Å². The van der Waals surface area contributed by atoms with Gasteiger partial charge in [-0.05, 0) is 75.4 Å². The van der Waals surface area contributed by atoms with Crippen molar-refractivity contribution in [1.82, 2.24) is 9.80 Å². The van der Waals surface area contributed by atoms with Crippen LogP contribution in [0.2, 0.25) is 0 Å². The van der Waals surface area contributed by atoms with E-state index in [-0.39, 0.29) is 59.4 Å². The number of allylic oxidation sites excluding steroid dienone is 1. The van der Waals surface area contributed by atoms with Gasteiger partial charge in [-0.15, -0.1) is 6.42 Å². The van der Waals surface area contributed by atoms with Crippen LogP contribution < -0.4 is 0 Å². The molecule has 2 aliphatic carbocycles. The van der Waals surface area contributed by atoms with E-state index >= 15 is 4.39 Å². The highest BCUT2D eigenvalue weighted by atomic mass is 19.1. The highest BCUT2D eigenvalue weighted by Gasteiger charge is 2.51. The maximum Gasteiger partial charge on any atom is 0.139 e. The maximum atomic E-state index is 15.0. The zero-order valence-electron chi connectivity index (χ0n) is 31.9. The number of hydrogen-bond donors (Lipinski definition) is 2. The van der Waals surface area contributed by atoms with E-state index in [1.807, 2.05) is 13.8 Å². The quantitative estimate of drug-likeness (QED) is 0.136. The number of fused-ring (bicyclic) bond motifs is 2. The number of piperidine rings is 1. The Bertz CT molecular complexity index is 1780. The second kappa shape index (κ2) is 19.0. The van der Waals surface area contributed by atoms with Crippen molar-refractivity contribution in [2.24, 2.45) is 20.4 Å². The number of likely N-dealkylation sites (tertiary alicyclic amines) is 1. The van der Waals surface area contributed by atoms with Gasteiger partial charge in [-0.3, -0.25) is 14.9 Å². The average molecular weight is 748 g/mol. The van der Waals surface area contributed by atoms with Crippen molar-refractivity contribution in [2.75, 3.05) is 60.0 Å². The van der Waals surface area contributed by atoms with Crippen LogP contribution >= 0.6 is 0 Å². The van der Waals surface area contributed by atoms with Gasteiger partial charge in [0.05, 0.1) is 54.6 Å². The zero-order chi connectivity index (χ0) is 38.8. The van der Waals surface area contributed by atoms with E-state index in [0.717, 1.165) is 51.5 Å². The number of benzene rings is 2. The number of aliphatic imine (C=N–C) groups is 3. The van der Waals surface area contributed by atoms with Gasteiger partial charge in [0.2, 0.25) is 0 Å². The minimum absolute atomic E-state index is 0.00619. The molecule has 4 fully saturated rings. The van der Waals surface area contributed by atoms with E-state index in [0.29, 0.717) is 54.3 Å². The Morgan fingerprint density at radius 2 is 1.98 bits per heavy atom. The van der Waals surface area contributed by atoms with Crippen molar-refractivity contribution in [1.29, 1.82) is 0 Å². The Kier molecular flexibility index (Phi) is 14.5. The molecule has 2 aromatic rings. The summed E-state index contributed by atoms with van der Waals surface area (Å²) in [5, 5.41) is 21.9. The first-order chi connectivity index (χ1) is 26.2. The molecule has 0 aromatic heterocycles. The second-order valence-corrected chi connectivity index (χ2v) is 14.2. The number of hydrogen-bond acceptors (Lipinski definition) is 10. The van der Waals surface area contributed by atoms with E-state index < -0.39 is 18.6 Å². The summed E-state index contributed by atoms with van der Waals surface area (Å²) in [4.78, 5) is 17.9. The second-order valence-electron chi connectivity index (χ2n) is 14.2. The predicted molar refractivity (Wildman–Crippen MR) is 211 cm³/mol. The Labute approximate surface area is 318 Å². The van der Waals surface area contributed by atoms with Gasteiger partial charge in [0.15, 0.2) is 0 Å². The number of β-amino-alcohol motifs (C(OH)–C–C–N with tert-alkyl or cyclic N) is 1. The number of terminal acetylenes is 1. The van der Waals surface area contributed by atoms with E-state index in [1.165, 1.54) is 30.5 Å². The van der Waals surface area contributed by atoms with E-state index in [4.69, 9.17) is 20.6 Å². The third-order valence-corrected chi connectivity index (χ3v) is 11.2. The molecule has 54 heavy (non-hydrogen) atoms. The summed E-state index contributed by atoms with van der Waals surface area (Å²) in [6, 6.07) is 6.63. The first kappa shape index (κ1) is 41.2. The third kappa shape index (κ3) is 8.93. The summed E-state index contributed by atoms with van der Waals surface area (Å²) >= 11 is 0. The molecule has 6 rings (SSSR count). The molecule has 2 heterocycles. The van der Waals surface area contributed by atoms with Gasteiger partial charge in [-0.1, -0.05) is 38.8 Å². The van der Waals surface area contributed by atoms with Crippen LogP contribution in [0.4, 0.5) is 8.78 Å². The molecule has 0 radical (unpaired) electrons. The van der Waals surface area contributed by atoms with Crippen molar-refractivity contribution in [3.05, 3.63) is 59.2 Å². The van der Waals surface area contributed by atoms with Crippen LogP contribution in [0, 0.1) is 23.6 Å². The molecule has 0 bridgehead atoms. The van der Waals surface area contributed by atoms with Gasteiger partial charge in [-0.2, -0.15) is 0 Å². The fourth-order valence-electron chi connectivity index (χ4n) is 8.56. The molecular weight excluding hydrogens is 692 g/mol. The zero-order valence-corrected chi connectivity index (χ0v) is 31.9. The molecule has 0 spiro atoms. The van der Waals surface area contributed by atoms with Crippen LogP contribution in [0.3, 0.4) is 0 Å². The fraction of sp³-hybridized carbons (Fsp3) is 0.548. The topological polar surface area (TPSA) is 112 Å². The maximum absolute atomic E-state index is 15.0. The number of nitrogens with zero attached hydrogens (tertiary/aromatic N) is 5. The summed E-state index contributed by atoms with van der Waals surface area (Å²) in [5.41, 5.74) is 0.721. The highest BCUT2D eigenvalue weighted by molar-refractivity contribution is 6.18. The van der Waals surface area contributed by atoms with Crippen LogP contribution in [-0.4, -0.2) is 123 Å². The first-order valence-electron chi connectivity index (χ1n) is 19.0. The largest absolute Gasteiger partial charge is 0.508 e. The molecule has 4 aliphatic rings. The molecule has 2 aromatic carbocycles. The van der Waals surface area contributed by atoms with Crippen molar-refractivity contribution >= 4 is 35.1 Å². The Balaban J connectivity index is 0.00000276. The lowest BCUT2D eigenvalue weighted by molar-refractivity contribution is -0.0941. The lowest BCUT2D eigenvalue weighted by Crippen LogP contribution is -2.59. The Morgan fingerprint density at radius 3 is 2.70 bits per heavy atom. The molecule has 10 nitrogen and oxygen atoms in total. The fourth-order valence-corrected chi connectivity index (χ4v) is 8.56. The van der Waals surface area contributed by atoms with Gasteiger partial charge in [-0.25, -0.2) is 13.8 Å². The third-order valence-electron chi connectivity index (χ3n) is 11.2. The van der Waals surface area contributed by atoms with E-state index in [2.05, 4.69) is 39.1 Å². The SMILES string of the molecule is C#Cc1c(F)ccc2cc(O)cc(C(=C)N=CC(=C(/N=C)N3CCOCC(O)C3)/C(CF)=N\COCC34CCCC3N(C3CC(OC)C3)CCC4)c12.CC. The van der Waals surface area contributed by atoms with Gasteiger partial charge >= 0.3 is 0 Å². The Hall–Kier alpha value is -3.99. The van der Waals surface area contributed by atoms with Crippen LogP contribution in [0.1, 0.15) is 69.9 Å². The van der Waals surface area contributed by atoms with Gasteiger partial charge in [0, 0.05) is 54.9 Å². The molecule has 292 valence electrons. The number of halogens is 2. The van der Waals surface area contributed by atoms with Crippen LogP contribution in [-0.2, 0) is 14.2 Å². The summed E-state index contributed by atoms with van der Waals surface area (Å²) in [6.07, 6.45) is 14.3. The lowest BCUT2D eigenvalue weighted by atomic mass is 9.73. The smallest absolute Gasteiger partial charge is 0.139 e. The molecule has 2 N–H and O–H groups in total. The number of aliphatic hydroxyl groups is 1. The summed E-state index contributed by atoms with van der Waals surface area (Å²) in [6.45, 7) is 13.4. The molecule has 3 unspecified atom stereocenters. The number of alkyl halides is 1. The Morgan fingerprint density at radius 1 is 1.20 bits per heavy atom. The van der Waals surface area contributed by atoms with Crippen molar-refractivity contribution < 1.29 is 33.2 Å². The molecule has 2 saturated carbocycles. The number of aromatic hydroxyl groups is 1. The normalized spacial score (nSPS) is 26.6. The minimum Gasteiger partial charge on any atom is -0.508 e. The molecular formula is C42H55F2N5O5. The highest BCUT2D eigenvalue weighted by Crippen LogP contribution is 2.50. The number of methoxy groups -OCH3 is 1. The molecule has 2 saturated heterocycles. The average Bonchev–Trinajstić information content (AvgIpc) is 3.48. The predicted octanol–water partition coefficient (Wildman–Crippen LogP) is 6.54. The number of phenolic OH excluding ortho intramolecular Hbond substituents is 1. The number of phenols is 1. The van der Waals surface area contributed by atoms with E-state index in [9.17, 15) is 14.6 Å². The summed E-state index contributed by atoms with van der Waals surface area (Å²) < 4.78 is 47.2. The minimum atomic E-state index is -0.964. The number of rotatable bonds is 13. The molecule has 0 amide bonds. The van der Waals surface area contributed by atoms with Gasteiger partial charge in [0.1, 0.15) is 30.8 Å². The van der Waals surface area contributed by atoms with Crippen LogP contribution in [0.15, 0.2) is 57.2 Å². The molecule has 2 aliphatic heterocycles. The molecule has 12 heteroatoms.